The van der Waals surface area contributed by atoms with Crippen molar-refractivity contribution in [2.24, 2.45) is 0 Å². The number of hydrogen-bond acceptors (Lipinski definition) is 4. The van der Waals surface area contributed by atoms with Gasteiger partial charge in [0.2, 0.25) is 5.91 Å². The van der Waals surface area contributed by atoms with Crippen LogP contribution < -0.4 is 5.32 Å². The average molecular weight is 361 g/mol. The summed E-state index contributed by atoms with van der Waals surface area (Å²) in [6.07, 6.45) is 8.93. The highest BCUT2D eigenvalue weighted by Gasteiger charge is 2.09. The van der Waals surface area contributed by atoms with Gasteiger partial charge in [0, 0.05) is 36.8 Å². The molecular weight excluding hydrogens is 342 g/mol. The molecular formula is C19H19N7O. The lowest BCUT2D eigenvalue weighted by Crippen LogP contribution is -2.20. The van der Waals surface area contributed by atoms with Crippen LogP contribution in [0.5, 0.6) is 0 Å². The summed E-state index contributed by atoms with van der Waals surface area (Å²) in [5.41, 5.74) is 2.97. The lowest BCUT2D eigenvalue weighted by atomic mass is 10.1. The molecule has 0 spiro atoms. The van der Waals surface area contributed by atoms with Crippen molar-refractivity contribution < 1.29 is 4.79 Å². The second kappa shape index (κ2) is 7.28. The third kappa shape index (κ3) is 3.64. The van der Waals surface area contributed by atoms with Gasteiger partial charge in [0.25, 0.3) is 0 Å². The topological polar surface area (TPSA) is 82.6 Å². The maximum absolute atomic E-state index is 12.2. The summed E-state index contributed by atoms with van der Waals surface area (Å²) in [7, 11) is 0. The van der Waals surface area contributed by atoms with E-state index in [1.165, 1.54) is 0 Å². The lowest BCUT2D eigenvalue weighted by molar-refractivity contribution is -0.116. The Labute approximate surface area is 156 Å². The smallest absolute Gasteiger partial charge is 0.247 e. The number of hydrogen-bond donors (Lipinski definition) is 1. The van der Waals surface area contributed by atoms with Crippen molar-refractivity contribution >= 4 is 11.7 Å². The van der Waals surface area contributed by atoms with Crippen molar-refractivity contribution in [2.75, 3.05) is 5.32 Å². The number of rotatable bonds is 6. The molecule has 8 nitrogen and oxygen atoms in total. The molecule has 0 atom stereocenters. The molecule has 1 aromatic carbocycles. The predicted molar refractivity (Wildman–Crippen MR) is 101 cm³/mol. The molecule has 8 heteroatoms. The van der Waals surface area contributed by atoms with E-state index in [1.54, 1.807) is 38.7 Å². The maximum Gasteiger partial charge on any atom is 0.247 e. The van der Waals surface area contributed by atoms with Crippen LogP contribution >= 0.6 is 0 Å². The van der Waals surface area contributed by atoms with Crippen molar-refractivity contribution in [1.29, 1.82) is 0 Å². The molecule has 0 aliphatic rings. The Hall–Kier alpha value is -3.68. The number of aryl methyl sites for hydroxylation is 1. The van der Waals surface area contributed by atoms with E-state index in [4.69, 9.17) is 0 Å². The first kappa shape index (κ1) is 16.8. The van der Waals surface area contributed by atoms with E-state index >= 15 is 0 Å². The predicted octanol–water partition coefficient (Wildman–Crippen LogP) is 2.59. The Morgan fingerprint density at radius 1 is 1.04 bits per heavy atom. The van der Waals surface area contributed by atoms with Crippen molar-refractivity contribution in [3.8, 4) is 16.8 Å². The highest BCUT2D eigenvalue weighted by atomic mass is 16.2. The van der Waals surface area contributed by atoms with Crippen molar-refractivity contribution in [1.82, 2.24) is 29.3 Å². The van der Waals surface area contributed by atoms with E-state index in [0.717, 1.165) is 16.8 Å². The van der Waals surface area contributed by atoms with Gasteiger partial charge in [-0.05, 0) is 30.7 Å². The van der Waals surface area contributed by atoms with Gasteiger partial charge in [-0.3, -0.25) is 9.48 Å². The molecule has 0 aliphatic carbocycles. The molecule has 0 bridgehead atoms. The number of anilines is 1. The first-order chi connectivity index (χ1) is 13.2. The second-order valence-electron chi connectivity index (χ2n) is 6.00. The number of amides is 1. The Morgan fingerprint density at radius 3 is 2.63 bits per heavy atom. The summed E-state index contributed by atoms with van der Waals surface area (Å²) in [6, 6.07) is 11.7. The molecule has 0 aliphatic heterocycles. The number of nitrogens with one attached hydrogen (secondary N) is 1. The van der Waals surface area contributed by atoms with Crippen LogP contribution in [0.3, 0.4) is 0 Å². The maximum atomic E-state index is 12.2. The minimum atomic E-state index is -0.145. The zero-order valence-corrected chi connectivity index (χ0v) is 14.9. The molecule has 1 amide bonds. The highest BCUT2D eigenvalue weighted by molar-refractivity contribution is 5.89. The molecule has 4 aromatic rings. The SMILES string of the molecule is CCn1nccc1NC(=O)Cn1cc(-c2ccc(-n3cccn3)cc2)cn1. The molecule has 0 radical (unpaired) electrons. The van der Waals surface area contributed by atoms with Crippen LogP contribution in [-0.4, -0.2) is 35.2 Å². The number of aromatic nitrogens is 6. The first-order valence-electron chi connectivity index (χ1n) is 8.67. The van der Waals surface area contributed by atoms with Crippen molar-refractivity contribution in [2.45, 2.75) is 20.0 Å². The van der Waals surface area contributed by atoms with Gasteiger partial charge in [0.05, 0.1) is 18.1 Å². The first-order valence-corrected chi connectivity index (χ1v) is 8.67. The fraction of sp³-hybridized carbons (Fsp3) is 0.158. The van der Waals surface area contributed by atoms with E-state index in [1.807, 2.05) is 49.6 Å². The largest absolute Gasteiger partial charge is 0.309 e. The normalized spacial score (nSPS) is 10.9. The highest BCUT2D eigenvalue weighted by Crippen LogP contribution is 2.20. The van der Waals surface area contributed by atoms with Crippen LogP contribution in [0.15, 0.2) is 67.4 Å². The zero-order chi connectivity index (χ0) is 18.6. The third-order valence-corrected chi connectivity index (χ3v) is 4.19. The molecule has 0 saturated heterocycles. The van der Waals surface area contributed by atoms with Crippen LogP contribution in [-0.2, 0) is 17.9 Å². The van der Waals surface area contributed by atoms with Crippen LogP contribution in [0.25, 0.3) is 16.8 Å². The number of carbonyl (C=O) groups is 1. The Morgan fingerprint density at radius 2 is 1.89 bits per heavy atom. The van der Waals surface area contributed by atoms with Crippen molar-refractivity contribution in [3.05, 3.63) is 67.4 Å². The quantitative estimate of drug-likeness (QED) is 0.572. The van der Waals surface area contributed by atoms with Gasteiger partial charge in [-0.15, -0.1) is 0 Å². The monoisotopic (exact) mass is 361 g/mol. The van der Waals surface area contributed by atoms with E-state index in [-0.39, 0.29) is 12.5 Å². The molecule has 4 rings (SSSR count). The lowest BCUT2D eigenvalue weighted by Gasteiger charge is -2.07. The Bertz CT molecular complexity index is 1030. The Kier molecular flexibility index (Phi) is 4.52. The number of carbonyl (C=O) groups excluding carboxylic acids is 1. The molecule has 27 heavy (non-hydrogen) atoms. The molecule has 136 valence electrons. The summed E-state index contributed by atoms with van der Waals surface area (Å²) in [5.74, 6) is 0.540. The van der Waals surface area contributed by atoms with Crippen LogP contribution in [0.4, 0.5) is 5.82 Å². The average Bonchev–Trinajstić information content (AvgIpc) is 3.44. The number of benzene rings is 1. The van der Waals surface area contributed by atoms with Crippen LogP contribution in [0, 0.1) is 0 Å². The number of nitrogens with zero attached hydrogens (tertiary/aromatic N) is 6. The van der Waals surface area contributed by atoms with Gasteiger partial charge in [-0.1, -0.05) is 12.1 Å². The Balaban J connectivity index is 1.43. The summed E-state index contributed by atoms with van der Waals surface area (Å²) in [5, 5.41) is 15.5. The summed E-state index contributed by atoms with van der Waals surface area (Å²) in [6.45, 7) is 2.81. The molecule has 1 N–H and O–H groups in total. The van der Waals surface area contributed by atoms with E-state index in [9.17, 15) is 4.79 Å². The summed E-state index contributed by atoms with van der Waals surface area (Å²) in [4.78, 5) is 12.2. The van der Waals surface area contributed by atoms with Crippen LogP contribution in [0.1, 0.15) is 6.92 Å². The standard InChI is InChI=1S/C19H19N7O/c1-2-25-18(8-10-21-25)23-19(27)14-24-13-16(12-22-24)15-4-6-17(7-5-15)26-11-3-9-20-26/h3-13H,2,14H2,1H3,(H,23,27). The zero-order valence-electron chi connectivity index (χ0n) is 14.9. The minimum absolute atomic E-state index is 0.139. The minimum Gasteiger partial charge on any atom is -0.309 e. The third-order valence-electron chi connectivity index (χ3n) is 4.19. The van der Waals surface area contributed by atoms with E-state index in [0.29, 0.717) is 12.4 Å². The molecule has 0 fully saturated rings. The van der Waals surface area contributed by atoms with Crippen LogP contribution in [0.2, 0.25) is 0 Å². The molecule has 3 heterocycles. The summed E-state index contributed by atoms with van der Waals surface area (Å²) < 4.78 is 5.16. The van der Waals surface area contributed by atoms with E-state index < -0.39 is 0 Å². The van der Waals surface area contributed by atoms with Gasteiger partial charge in [-0.2, -0.15) is 15.3 Å². The van der Waals surface area contributed by atoms with Gasteiger partial charge >= 0.3 is 0 Å². The summed E-state index contributed by atoms with van der Waals surface area (Å²) >= 11 is 0. The van der Waals surface area contributed by atoms with E-state index in [2.05, 4.69) is 20.6 Å². The van der Waals surface area contributed by atoms with Gasteiger partial charge in [0.1, 0.15) is 12.4 Å². The molecule has 3 aromatic heterocycles. The fourth-order valence-electron chi connectivity index (χ4n) is 2.85. The second-order valence-corrected chi connectivity index (χ2v) is 6.00. The van der Waals surface area contributed by atoms with Gasteiger partial charge in [0.15, 0.2) is 0 Å². The van der Waals surface area contributed by atoms with Gasteiger partial charge in [-0.25, -0.2) is 9.36 Å². The van der Waals surface area contributed by atoms with Gasteiger partial charge < -0.3 is 5.32 Å². The fourth-order valence-corrected chi connectivity index (χ4v) is 2.85. The molecule has 0 saturated carbocycles. The molecule has 0 unspecified atom stereocenters. The van der Waals surface area contributed by atoms with Crippen molar-refractivity contribution in [3.63, 3.8) is 0 Å².